The van der Waals surface area contributed by atoms with Crippen LogP contribution in [0, 0.1) is 0 Å². The van der Waals surface area contributed by atoms with Gasteiger partial charge in [-0.1, -0.05) is 339 Å². The second-order valence-corrected chi connectivity index (χ2v) is 24.6. The molecule has 0 bridgehead atoms. The van der Waals surface area contributed by atoms with Gasteiger partial charge in [0.25, 0.3) is 0 Å². The van der Waals surface area contributed by atoms with E-state index in [1.54, 1.807) is 0 Å². The van der Waals surface area contributed by atoms with Crippen molar-refractivity contribution < 1.29 is 24.5 Å². The third kappa shape index (κ3) is 65.1. The van der Waals surface area contributed by atoms with Crippen LogP contribution < -0.4 is 5.32 Å². The predicted molar refractivity (Wildman–Crippen MR) is 347 cm³/mol. The van der Waals surface area contributed by atoms with E-state index in [9.17, 15) is 19.8 Å². The summed E-state index contributed by atoms with van der Waals surface area (Å²) in [5, 5.41) is 23.4. The number of aliphatic hydroxyl groups excluding tert-OH is 2. The summed E-state index contributed by atoms with van der Waals surface area (Å²) in [7, 11) is 0. The fraction of sp³-hybridized carbons (Fsp3) is 0.890. The predicted octanol–water partition coefficient (Wildman–Crippen LogP) is 23.1. The van der Waals surface area contributed by atoms with Gasteiger partial charge in [0.1, 0.15) is 0 Å². The molecule has 0 heterocycles. The fourth-order valence-corrected chi connectivity index (χ4v) is 11.2. The summed E-state index contributed by atoms with van der Waals surface area (Å²) in [5.41, 5.74) is 0. The lowest BCUT2D eigenvalue weighted by atomic mass is 10.0. The molecular formula is C73H139NO5. The Bertz CT molecular complexity index is 1280. The number of amides is 1. The molecule has 0 spiro atoms. The topological polar surface area (TPSA) is 95.9 Å². The van der Waals surface area contributed by atoms with Gasteiger partial charge in [-0.05, 0) is 77.0 Å². The second kappa shape index (κ2) is 68.6. The van der Waals surface area contributed by atoms with Crippen molar-refractivity contribution in [2.24, 2.45) is 0 Å². The van der Waals surface area contributed by atoms with Crippen molar-refractivity contribution in [1.29, 1.82) is 0 Å². The van der Waals surface area contributed by atoms with E-state index >= 15 is 0 Å². The zero-order valence-electron chi connectivity index (χ0n) is 53.4. The van der Waals surface area contributed by atoms with Crippen LogP contribution in [0.1, 0.15) is 393 Å². The molecule has 2 atom stereocenters. The first-order valence-corrected chi connectivity index (χ1v) is 35.7. The van der Waals surface area contributed by atoms with Gasteiger partial charge in [-0.25, -0.2) is 0 Å². The van der Waals surface area contributed by atoms with Crippen LogP contribution in [0.3, 0.4) is 0 Å². The molecule has 0 aliphatic carbocycles. The Kier molecular flexibility index (Phi) is 66.9. The third-order valence-electron chi connectivity index (χ3n) is 16.6. The largest absolute Gasteiger partial charge is 0.466 e. The quantitative estimate of drug-likeness (QED) is 0.0320. The summed E-state index contributed by atoms with van der Waals surface area (Å²) in [4.78, 5) is 24.6. The Morgan fingerprint density at radius 2 is 0.658 bits per heavy atom. The van der Waals surface area contributed by atoms with Crippen LogP contribution in [-0.4, -0.2) is 47.4 Å². The highest BCUT2D eigenvalue weighted by molar-refractivity contribution is 5.76. The van der Waals surface area contributed by atoms with Gasteiger partial charge in [0.05, 0.1) is 25.4 Å². The van der Waals surface area contributed by atoms with Gasteiger partial charge in [0.2, 0.25) is 5.91 Å². The fourth-order valence-electron chi connectivity index (χ4n) is 11.2. The van der Waals surface area contributed by atoms with Crippen LogP contribution in [-0.2, 0) is 14.3 Å². The average molecular weight is 1110 g/mol. The maximum absolute atomic E-state index is 12.5. The molecule has 0 aromatic heterocycles. The van der Waals surface area contributed by atoms with Crippen molar-refractivity contribution in [2.75, 3.05) is 13.2 Å². The molecule has 79 heavy (non-hydrogen) atoms. The minimum atomic E-state index is -0.663. The number of carbonyl (C=O) groups excluding carboxylic acids is 2. The zero-order chi connectivity index (χ0) is 57.1. The number of ether oxygens (including phenoxy) is 1. The van der Waals surface area contributed by atoms with Crippen molar-refractivity contribution in [3.05, 3.63) is 36.5 Å². The van der Waals surface area contributed by atoms with Gasteiger partial charge in [-0.3, -0.25) is 9.59 Å². The van der Waals surface area contributed by atoms with Crippen molar-refractivity contribution in [2.45, 2.75) is 405 Å². The molecule has 0 aliphatic heterocycles. The van der Waals surface area contributed by atoms with Gasteiger partial charge in [0.15, 0.2) is 0 Å². The third-order valence-corrected chi connectivity index (χ3v) is 16.6. The van der Waals surface area contributed by atoms with Gasteiger partial charge < -0.3 is 20.3 Å². The molecule has 0 aromatic carbocycles. The van der Waals surface area contributed by atoms with E-state index in [2.05, 4.69) is 55.6 Å². The molecule has 0 aliphatic rings. The first kappa shape index (κ1) is 77.1. The molecule has 6 nitrogen and oxygen atoms in total. The molecule has 1 amide bonds. The SMILES string of the molecule is CCC/C=C\C/C=C\CCCCCCCC(=O)OCCCCCCCCCCCCCC/C=C\CCCCCCCCCCCCCCCCCC(=O)NC(CO)C(O)CCCCCCCCCCCCCCCCCCCC. The Labute approximate surface area is 494 Å². The van der Waals surface area contributed by atoms with E-state index in [1.807, 2.05) is 0 Å². The number of nitrogens with one attached hydrogen (secondary N) is 1. The molecule has 0 radical (unpaired) electrons. The number of unbranched alkanes of at least 4 members (excludes halogenated alkanes) is 50. The maximum atomic E-state index is 12.5. The monoisotopic (exact) mass is 1110 g/mol. The van der Waals surface area contributed by atoms with Crippen LogP contribution in [0.2, 0.25) is 0 Å². The van der Waals surface area contributed by atoms with Crippen molar-refractivity contribution in [3.8, 4) is 0 Å². The summed E-state index contributed by atoms with van der Waals surface area (Å²) in [5.74, 6) is -0.0267. The number of allylic oxidation sites excluding steroid dienone is 6. The molecule has 0 rings (SSSR count). The highest BCUT2D eigenvalue weighted by Crippen LogP contribution is 2.19. The Balaban J connectivity index is 3.36. The maximum Gasteiger partial charge on any atom is 0.305 e. The molecule has 3 N–H and O–H groups in total. The van der Waals surface area contributed by atoms with Crippen LogP contribution >= 0.6 is 0 Å². The van der Waals surface area contributed by atoms with Crippen LogP contribution in [0.25, 0.3) is 0 Å². The lowest BCUT2D eigenvalue weighted by molar-refractivity contribution is -0.143. The number of carbonyl (C=O) groups is 2. The van der Waals surface area contributed by atoms with Gasteiger partial charge in [-0.2, -0.15) is 0 Å². The number of aliphatic hydroxyl groups is 2. The van der Waals surface area contributed by atoms with Gasteiger partial charge in [-0.15, -0.1) is 0 Å². The second-order valence-electron chi connectivity index (χ2n) is 24.6. The van der Waals surface area contributed by atoms with E-state index in [0.717, 1.165) is 51.4 Å². The molecule has 0 saturated heterocycles. The van der Waals surface area contributed by atoms with E-state index in [-0.39, 0.29) is 18.5 Å². The molecule has 0 saturated carbocycles. The summed E-state index contributed by atoms with van der Waals surface area (Å²) in [6, 6.07) is -0.540. The van der Waals surface area contributed by atoms with Crippen LogP contribution in [0.4, 0.5) is 0 Å². The Morgan fingerprint density at radius 1 is 0.354 bits per heavy atom. The van der Waals surface area contributed by atoms with E-state index in [4.69, 9.17) is 4.74 Å². The number of hydrogen-bond donors (Lipinski definition) is 3. The van der Waals surface area contributed by atoms with Crippen molar-refractivity contribution >= 4 is 11.9 Å². The van der Waals surface area contributed by atoms with Crippen LogP contribution in [0.5, 0.6) is 0 Å². The lowest BCUT2D eigenvalue weighted by Gasteiger charge is -2.22. The molecular weight excluding hydrogens is 971 g/mol. The molecule has 466 valence electrons. The highest BCUT2D eigenvalue weighted by atomic mass is 16.5. The minimum Gasteiger partial charge on any atom is -0.466 e. The molecule has 0 aromatic rings. The summed E-state index contributed by atoms with van der Waals surface area (Å²) >= 11 is 0. The molecule has 0 fully saturated rings. The molecule has 2 unspecified atom stereocenters. The van der Waals surface area contributed by atoms with Crippen molar-refractivity contribution in [3.63, 3.8) is 0 Å². The first-order valence-electron chi connectivity index (χ1n) is 35.7. The zero-order valence-corrected chi connectivity index (χ0v) is 53.4. The number of hydrogen-bond acceptors (Lipinski definition) is 5. The average Bonchev–Trinajstić information content (AvgIpc) is 3.45. The number of rotatable bonds is 67. The standard InChI is InChI=1S/C73H139NO5/c1-3-5-7-9-11-13-15-17-18-19-35-38-42-45-49-53-57-61-65-71(76)70(69-75)74-72(77)66-62-58-54-50-46-43-39-36-33-31-29-27-25-23-21-20-22-24-26-28-30-32-34-37-40-44-48-52-56-60-64-68-79-73(78)67-63-59-55-51-47-41-16-14-12-10-8-6-4-2/h8,10,14,16,22,24,70-71,75-76H,3-7,9,11-13,15,17-21,23,25-69H2,1-2H3,(H,74,77)/b10-8-,16-14-,24-22-. The highest BCUT2D eigenvalue weighted by Gasteiger charge is 2.20. The van der Waals surface area contributed by atoms with Gasteiger partial charge in [0, 0.05) is 12.8 Å². The first-order chi connectivity index (χ1) is 39.0. The van der Waals surface area contributed by atoms with Crippen molar-refractivity contribution in [1.82, 2.24) is 5.32 Å². The van der Waals surface area contributed by atoms with E-state index < -0.39 is 12.1 Å². The molecule has 6 heteroatoms. The van der Waals surface area contributed by atoms with Gasteiger partial charge >= 0.3 is 5.97 Å². The van der Waals surface area contributed by atoms with E-state index in [0.29, 0.717) is 25.9 Å². The minimum absolute atomic E-state index is 0.00260. The Morgan fingerprint density at radius 3 is 1.03 bits per heavy atom. The smallest absolute Gasteiger partial charge is 0.305 e. The number of esters is 1. The normalized spacial score (nSPS) is 12.7. The van der Waals surface area contributed by atoms with E-state index in [1.165, 1.54) is 308 Å². The lowest BCUT2D eigenvalue weighted by Crippen LogP contribution is -2.45. The summed E-state index contributed by atoms with van der Waals surface area (Å²) in [6.45, 7) is 4.92. The summed E-state index contributed by atoms with van der Waals surface area (Å²) < 4.78 is 5.48. The summed E-state index contributed by atoms with van der Waals surface area (Å²) in [6.07, 6.45) is 87.7. The Hall–Kier alpha value is -1.92. The van der Waals surface area contributed by atoms with Crippen LogP contribution in [0.15, 0.2) is 36.5 Å².